The number of hydrogen-bond donors (Lipinski definition) is 1. The van der Waals surface area contributed by atoms with Crippen molar-refractivity contribution in [3.63, 3.8) is 0 Å². The molecule has 1 aromatic carbocycles. The van der Waals surface area contributed by atoms with Crippen molar-refractivity contribution in [2.24, 2.45) is 5.73 Å². The molecular formula is C19H32NO5P. The molecule has 1 rings (SSSR count). The first-order chi connectivity index (χ1) is 11.7. The molecule has 1 aromatic rings. The van der Waals surface area contributed by atoms with Gasteiger partial charge in [-0.15, -0.1) is 0 Å². The van der Waals surface area contributed by atoms with E-state index in [4.69, 9.17) is 14.8 Å². The fourth-order valence-electron chi connectivity index (χ4n) is 2.41. The Labute approximate surface area is 156 Å². The minimum Gasteiger partial charge on any atom is -0.468 e. The van der Waals surface area contributed by atoms with Crippen molar-refractivity contribution in [2.75, 3.05) is 7.11 Å². The number of ether oxygens (including phenoxy) is 1. The number of rotatable bonds is 7. The van der Waals surface area contributed by atoms with Gasteiger partial charge in [0, 0.05) is 0 Å². The number of hydrogen-bond acceptors (Lipinski definition) is 6. The lowest BCUT2D eigenvalue weighted by molar-refractivity contribution is -0.142. The van der Waals surface area contributed by atoms with E-state index >= 15 is 0 Å². The fourth-order valence-corrected chi connectivity index (χ4v) is 4.90. The van der Waals surface area contributed by atoms with Crippen LogP contribution < -0.4 is 5.73 Å². The van der Waals surface area contributed by atoms with Gasteiger partial charge in [-0.2, -0.15) is 0 Å². The van der Waals surface area contributed by atoms with E-state index in [9.17, 15) is 9.36 Å². The Morgan fingerprint density at radius 3 is 1.81 bits per heavy atom. The molecule has 0 aliphatic heterocycles. The molecule has 2 N–H and O–H groups in total. The summed E-state index contributed by atoms with van der Waals surface area (Å²) in [7, 11) is -2.03. The van der Waals surface area contributed by atoms with E-state index in [1.165, 1.54) is 7.11 Å². The van der Waals surface area contributed by atoms with Gasteiger partial charge < -0.3 is 19.5 Å². The Hall–Kier alpha value is -1.20. The van der Waals surface area contributed by atoms with Gasteiger partial charge in [0.05, 0.1) is 24.5 Å². The Balaban J connectivity index is 2.92. The lowest BCUT2D eigenvalue weighted by atomic mass is 10.1. The highest BCUT2D eigenvalue weighted by molar-refractivity contribution is 7.53. The summed E-state index contributed by atoms with van der Waals surface area (Å²) in [5.41, 5.74) is 6.33. The van der Waals surface area contributed by atoms with Crippen LogP contribution in [0.15, 0.2) is 24.3 Å². The van der Waals surface area contributed by atoms with Crippen molar-refractivity contribution in [2.45, 2.75) is 71.4 Å². The Bertz CT molecular complexity index is 623. The molecule has 26 heavy (non-hydrogen) atoms. The van der Waals surface area contributed by atoms with E-state index < -0.39 is 30.8 Å². The second kappa shape index (κ2) is 8.66. The molecule has 1 atom stereocenters. The van der Waals surface area contributed by atoms with Crippen LogP contribution in [-0.2, 0) is 35.7 Å². The number of carbonyl (C=O) groups excluding carboxylic acids is 1. The van der Waals surface area contributed by atoms with Crippen LogP contribution in [0.5, 0.6) is 0 Å². The molecule has 0 aromatic heterocycles. The van der Waals surface area contributed by atoms with E-state index in [1.807, 2.05) is 65.8 Å². The maximum absolute atomic E-state index is 13.3. The largest absolute Gasteiger partial charge is 0.468 e. The predicted octanol–water partition coefficient (Wildman–Crippen LogP) is 4.05. The summed E-state index contributed by atoms with van der Waals surface area (Å²) in [6.07, 6.45) is 0.548. The van der Waals surface area contributed by atoms with Gasteiger partial charge in [0.15, 0.2) is 0 Å². The molecule has 0 saturated heterocycles. The Kier molecular flexibility index (Phi) is 7.61. The molecule has 0 radical (unpaired) electrons. The maximum atomic E-state index is 13.3. The van der Waals surface area contributed by atoms with Gasteiger partial charge in [0.25, 0.3) is 0 Å². The number of methoxy groups -OCH3 is 1. The van der Waals surface area contributed by atoms with E-state index in [-0.39, 0.29) is 6.16 Å². The predicted molar refractivity (Wildman–Crippen MR) is 103 cm³/mol. The summed E-state index contributed by atoms with van der Waals surface area (Å²) < 4.78 is 29.5. The minimum absolute atomic E-state index is 0.172. The van der Waals surface area contributed by atoms with Gasteiger partial charge in [0.1, 0.15) is 6.04 Å². The molecule has 7 heteroatoms. The quantitative estimate of drug-likeness (QED) is 0.563. The fraction of sp³-hybridized carbons (Fsp3) is 0.632. The number of benzene rings is 1. The van der Waals surface area contributed by atoms with Gasteiger partial charge in [-0.25, -0.2) is 0 Å². The first-order valence-electron chi connectivity index (χ1n) is 8.65. The van der Waals surface area contributed by atoms with Crippen molar-refractivity contribution >= 4 is 13.6 Å². The lowest BCUT2D eigenvalue weighted by Gasteiger charge is -2.32. The highest BCUT2D eigenvalue weighted by atomic mass is 31.2. The number of esters is 1. The molecule has 0 fully saturated rings. The maximum Gasteiger partial charge on any atom is 0.336 e. The van der Waals surface area contributed by atoms with E-state index in [1.54, 1.807) is 0 Å². The molecule has 0 saturated carbocycles. The van der Waals surface area contributed by atoms with Crippen molar-refractivity contribution in [1.29, 1.82) is 0 Å². The minimum atomic E-state index is -3.35. The Morgan fingerprint density at radius 1 is 1.00 bits per heavy atom. The molecule has 6 nitrogen and oxygen atoms in total. The van der Waals surface area contributed by atoms with E-state index in [2.05, 4.69) is 4.74 Å². The third-order valence-corrected chi connectivity index (χ3v) is 5.59. The van der Waals surface area contributed by atoms with Crippen LogP contribution in [0.2, 0.25) is 0 Å². The first-order valence-corrected chi connectivity index (χ1v) is 10.4. The van der Waals surface area contributed by atoms with Crippen LogP contribution in [0.1, 0.15) is 52.7 Å². The highest BCUT2D eigenvalue weighted by Crippen LogP contribution is 2.56. The van der Waals surface area contributed by atoms with Crippen LogP contribution >= 0.6 is 7.60 Å². The average Bonchev–Trinajstić information content (AvgIpc) is 2.43. The Morgan fingerprint density at radius 2 is 1.42 bits per heavy atom. The zero-order chi connectivity index (χ0) is 20.2. The summed E-state index contributed by atoms with van der Waals surface area (Å²) >= 11 is 0. The zero-order valence-electron chi connectivity index (χ0n) is 16.9. The van der Waals surface area contributed by atoms with Crippen molar-refractivity contribution in [3.8, 4) is 0 Å². The summed E-state index contributed by atoms with van der Waals surface area (Å²) in [5, 5.41) is 0. The smallest absolute Gasteiger partial charge is 0.336 e. The molecule has 0 spiro atoms. The van der Waals surface area contributed by atoms with Crippen LogP contribution in [0.25, 0.3) is 0 Å². The first kappa shape index (κ1) is 22.8. The lowest BCUT2D eigenvalue weighted by Crippen LogP contribution is -2.33. The third kappa shape index (κ3) is 8.45. The van der Waals surface area contributed by atoms with Crippen molar-refractivity contribution < 1.29 is 23.1 Å². The van der Waals surface area contributed by atoms with Crippen molar-refractivity contribution in [3.05, 3.63) is 35.4 Å². The SMILES string of the molecule is COC(=O)C(N)Cc1ccc(CP(=O)(OC(C)(C)C)OC(C)(C)C)cc1. The van der Waals surface area contributed by atoms with Crippen LogP contribution in [0.3, 0.4) is 0 Å². The molecule has 0 amide bonds. The molecule has 1 unspecified atom stereocenters. The van der Waals surface area contributed by atoms with Crippen LogP contribution in [-0.4, -0.2) is 30.3 Å². The molecule has 0 heterocycles. The van der Waals surface area contributed by atoms with Gasteiger partial charge in [-0.05, 0) is 59.1 Å². The second-order valence-corrected chi connectivity index (χ2v) is 10.2. The van der Waals surface area contributed by atoms with E-state index in [0.717, 1.165) is 11.1 Å². The molecule has 0 aliphatic carbocycles. The second-order valence-electron chi connectivity index (χ2n) is 8.33. The topological polar surface area (TPSA) is 87.9 Å². The zero-order valence-corrected chi connectivity index (χ0v) is 17.8. The molecule has 0 aliphatic rings. The molecular weight excluding hydrogens is 353 g/mol. The van der Waals surface area contributed by atoms with Crippen molar-refractivity contribution in [1.82, 2.24) is 0 Å². The third-order valence-electron chi connectivity index (χ3n) is 3.18. The number of carbonyl (C=O) groups is 1. The number of nitrogens with two attached hydrogens (primary N) is 1. The normalized spacial score (nSPS) is 14.2. The summed E-state index contributed by atoms with van der Waals surface area (Å²) in [5.74, 6) is -0.448. The summed E-state index contributed by atoms with van der Waals surface area (Å²) in [6, 6.07) is 6.71. The summed E-state index contributed by atoms with van der Waals surface area (Å²) in [4.78, 5) is 11.4. The highest BCUT2D eigenvalue weighted by Gasteiger charge is 2.35. The van der Waals surface area contributed by atoms with Gasteiger partial charge in [-0.1, -0.05) is 24.3 Å². The summed E-state index contributed by atoms with van der Waals surface area (Å²) in [6.45, 7) is 11.1. The molecule has 148 valence electrons. The average molecular weight is 385 g/mol. The van der Waals surface area contributed by atoms with Crippen LogP contribution in [0.4, 0.5) is 0 Å². The van der Waals surface area contributed by atoms with Crippen LogP contribution in [0, 0.1) is 0 Å². The standard InChI is InChI=1S/C19H32NO5P/c1-18(2,3)24-26(22,25-19(4,5)6)13-15-10-8-14(9-11-15)12-16(20)17(21)23-7/h8-11,16H,12-13,20H2,1-7H3. The van der Waals surface area contributed by atoms with Gasteiger partial charge in [0.2, 0.25) is 0 Å². The molecule has 0 bridgehead atoms. The van der Waals surface area contributed by atoms with E-state index in [0.29, 0.717) is 6.42 Å². The van der Waals surface area contributed by atoms with Gasteiger partial charge >= 0.3 is 13.6 Å². The van der Waals surface area contributed by atoms with Gasteiger partial charge in [-0.3, -0.25) is 9.36 Å². The monoisotopic (exact) mass is 385 g/mol.